The second kappa shape index (κ2) is 6.67. The Balaban J connectivity index is 1.62. The van der Waals surface area contributed by atoms with Gasteiger partial charge in [-0.25, -0.2) is 5.01 Å². The maximum Gasteiger partial charge on any atom is 0.217 e. The Hall–Kier alpha value is -2.79. The summed E-state index contributed by atoms with van der Waals surface area (Å²) in [6.45, 7) is 2.08. The van der Waals surface area contributed by atoms with Crippen molar-refractivity contribution < 1.29 is 9.84 Å². The van der Waals surface area contributed by atoms with Crippen molar-refractivity contribution in [2.45, 2.75) is 25.6 Å². The van der Waals surface area contributed by atoms with E-state index in [0.29, 0.717) is 5.56 Å². The van der Waals surface area contributed by atoms with Gasteiger partial charge in [-0.2, -0.15) is 5.10 Å². The molecule has 0 bridgehead atoms. The molecule has 3 aromatic carbocycles. The van der Waals surface area contributed by atoms with Crippen molar-refractivity contribution in [3.05, 3.63) is 93.5 Å². The molecule has 0 aromatic heterocycles. The molecule has 5 rings (SSSR count). The summed E-state index contributed by atoms with van der Waals surface area (Å²) in [5.41, 5.74) is 5.20. The van der Waals surface area contributed by atoms with Crippen molar-refractivity contribution in [2.24, 2.45) is 5.10 Å². The van der Waals surface area contributed by atoms with Gasteiger partial charge in [0.05, 0.1) is 17.3 Å². The summed E-state index contributed by atoms with van der Waals surface area (Å²) in [7, 11) is 0. The molecule has 2 heterocycles. The Labute approximate surface area is 172 Å². The van der Waals surface area contributed by atoms with Crippen molar-refractivity contribution in [2.75, 3.05) is 0 Å². The maximum absolute atomic E-state index is 10.5. The molecule has 3 aromatic rings. The van der Waals surface area contributed by atoms with Crippen LogP contribution in [0.2, 0.25) is 0 Å². The van der Waals surface area contributed by atoms with Gasteiger partial charge in [-0.1, -0.05) is 64.0 Å². The predicted octanol–water partition coefficient (Wildman–Crippen LogP) is 5.71. The van der Waals surface area contributed by atoms with Crippen LogP contribution in [0.15, 0.2) is 76.3 Å². The molecule has 140 valence electrons. The number of rotatable bonds is 2. The fourth-order valence-electron chi connectivity index (χ4n) is 3.88. The van der Waals surface area contributed by atoms with Gasteiger partial charge >= 0.3 is 0 Å². The highest BCUT2D eigenvalue weighted by Crippen LogP contribution is 2.48. The van der Waals surface area contributed by atoms with Gasteiger partial charge in [0.2, 0.25) is 6.23 Å². The van der Waals surface area contributed by atoms with Gasteiger partial charge in [0.1, 0.15) is 11.5 Å². The molecule has 2 aliphatic heterocycles. The van der Waals surface area contributed by atoms with E-state index in [2.05, 4.69) is 53.2 Å². The number of hydrogen-bond donors (Lipinski definition) is 1. The fraction of sp³-hybridized carbons (Fsp3) is 0.174. The first kappa shape index (κ1) is 17.3. The van der Waals surface area contributed by atoms with Crippen LogP contribution in [-0.2, 0) is 0 Å². The topological polar surface area (TPSA) is 45.1 Å². The molecular formula is C23H19BrN2O2. The molecule has 0 fully saturated rings. The minimum Gasteiger partial charge on any atom is -0.507 e. The van der Waals surface area contributed by atoms with Crippen LogP contribution in [-0.4, -0.2) is 15.8 Å². The highest BCUT2D eigenvalue weighted by molar-refractivity contribution is 9.10. The quantitative estimate of drug-likeness (QED) is 0.561. The van der Waals surface area contributed by atoms with E-state index in [4.69, 9.17) is 9.84 Å². The second-order valence-corrected chi connectivity index (χ2v) is 8.14. The van der Waals surface area contributed by atoms with Gasteiger partial charge in [0.15, 0.2) is 0 Å². The number of nitrogens with zero attached hydrogens (tertiary/aromatic N) is 2. The summed E-state index contributed by atoms with van der Waals surface area (Å²) < 4.78 is 7.20. The monoisotopic (exact) mass is 434 g/mol. The molecule has 0 radical (unpaired) electrons. The third-order valence-electron chi connectivity index (χ3n) is 5.34. The summed E-state index contributed by atoms with van der Waals surface area (Å²) in [5, 5.41) is 17.4. The zero-order valence-electron chi connectivity index (χ0n) is 15.3. The summed E-state index contributed by atoms with van der Waals surface area (Å²) in [6.07, 6.45) is 0.315. The average molecular weight is 435 g/mol. The Bertz CT molecular complexity index is 1080. The van der Waals surface area contributed by atoms with Crippen LogP contribution in [0.1, 0.15) is 40.9 Å². The highest BCUT2D eigenvalue weighted by atomic mass is 79.9. The van der Waals surface area contributed by atoms with E-state index in [-0.39, 0.29) is 11.8 Å². The third kappa shape index (κ3) is 2.87. The van der Waals surface area contributed by atoms with Crippen LogP contribution in [0.3, 0.4) is 0 Å². The number of benzene rings is 3. The molecule has 0 unspecified atom stereocenters. The van der Waals surface area contributed by atoms with E-state index in [9.17, 15) is 5.11 Å². The molecule has 1 N–H and O–H groups in total. The minimum absolute atomic E-state index is 0.0737. The van der Waals surface area contributed by atoms with Gasteiger partial charge < -0.3 is 9.84 Å². The lowest BCUT2D eigenvalue weighted by atomic mass is 9.95. The van der Waals surface area contributed by atoms with Crippen LogP contribution in [0, 0.1) is 6.92 Å². The van der Waals surface area contributed by atoms with Gasteiger partial charge in [-0.15, -0.1) is 0 Å². The molecule has 0 amide bonds. The largest absolute Gasteiger partial charge is 0.507 e. The molecule has 4 nitrogen and oxygen atoms in total. The molecular weight excluding hydrogens is 416 g/mol. The highest BCUT2D eigenvalue weighted by Gasteiger charge is 2.41. The number of halogens is 1. The van der Waals surface area contributed by atoms with Crippen molar-refractivity contribution in [1.29, 1.82) is 0 Å². The van der Waals surface area contributed by atoms with Gasteiger partial charge in [-0.3, -0.25) is 0 Å². The predicted molar refractivity (Wildman–Crippen MR) is 113 cm³/mol. The number of ether oxygens (including phenoxy) is 1. The van der Waals surface area contributed by atoms with Crippen molar-refractivity contribution in [3.8, 4) is 11.5 Å². The van der Waals surface area contributed by atoms with E-state index >= 15 is 0 Å². The summed E-state index contributed by atoms with van der Waals surface area (Å²) in [4.78, 5) is 0. The molecule has 0 saturated carbocycles. The molecule has 2 atom stereocenters. The van der Waals surface area contributed by atoms with E-state index in [0.717, 1.165) is 33.5 Å². The van der Waals surface area contributed by atoms with Crippen molar-refractivity contribution in [3.63, 3.8) is 0 Å². The zero-order chi connectivity index (χ0) is 19.3. The van der Waals surface area contributed by atoms with Crippen LogP contribution in [0.25, 0.3) is 0 Å². The maximum atomic E-state index is 10.5. The number of phenolic OH excluding ortho intramolecular Hbond substituents is 1. The van der Waals surface area contributed by atoms with Crippen LogP contribution < -0.4 is 4.74 Å². The van der Waals surface area contributed by atoms with Gasteiger partial charge in [0.25, 0.3) is 0 Å². The van der Waals surface area contributed by atoms with Crippen molar-refractivity contribution in [1.82, 2.24) is 5.01 Å². The van der Waals surface area contributed by atoms with E-state index < -0.39 is 6.23 Å². The first-order valence-corrected chi connectivity index (χ1v) is 10.1. The third-order valence-corrected chi connectivity index (χ3v) is 5.83. The van der Waals surface area contributed by atoms with Gasteiger partial charge in [0, 0.05) is 16.5 Å². The molecule has 0 aliphatic carbocycles. The number of hydrazone groups is 1. The van der Waals surface area contributed by atoms with Crippen LogP contribution in [0.5, 0.6) is 11.5 Å². The fourth-order valence-corrected chi connectivity index (χ4v) is 4.26. The average Bonchev–Trinajstić information content (AvgIpc) is 3.15. The van der Waals surface area contributed by atoms with Crippen molar-refractivity contribution >= 4 is 21.6 Å². The molecule has 28 heavy (non-hydrogen) atoms. The normalized spacial score (nSPS) is 20.2. The smallest absolute Gasteiger partial charge is 0.217 e. The lowest BCUT2D eigenvalue weighted by molar-refractivity contribution is -0.0203. The Morgan fingerprint density at radius 2 is 1.82 bits per heavy atom. The number of para-hydroxylation sites is 1. The van der Waals surface area contributed by atoms with Crippen LogP contribution >= 0.6 is 15.9 Å². The second-order valence-electron chi connectivity index (χ2n) is 7.22. The minimum atomic E-state index is -0.486. The first-order valence-electron chi connectivity index (χ1n) is 9.27. The first-order chi connectivity index (χ1) is 13.6. The van der Waals surface area contributed by atoms with E-state index in [1.165, 1.54) is 5.56 Å². The summed E-state index contributed by atoms with van der Waals surface area (Å²) >= 11 is 3.50. The SMILES string of the molecule is Cc1ccc(C2=NN3[C@@H](C2)c2ccccc2O[C@H]3c2cc(Br)ccc2O)cc1. The van der Waals surface area contributed by atoms with E-state index in [1.807, 2.05) is 35.3 Å². The van der Waals surface area contributed by atoms with Crippen LogP contribution in [0.4, 0.5) is 0 Å². The standard InChI is InChI=1S/C23H19BrN2O2/c1-14-6-8-15(9-7-14)19-13-20-17-4-2-3-5-22(17)28-23(26(20)25-19)18-12-16(24)10-11-21(18)27/h2-12,20,23,27H,13H2,1H3/t20-,23-/m0/s1. The molecule has 5 heteroatoms. The zero-order valence-corrected chi connectivity index (χ0v) is 16.9. The number of phenols is 1. The Morgan fingerprint density at radius 1 is 1.04 bits per heavy atom. The number of aryl methyl sites for hydroxylation is 1. The Kier molecular flexibility index (Phi) is 4.13. The molecule has 2 aliphatic rings. The number of fused-ring (bicyclic) bond motifs is 3. The lowest BCUT2D eigenvalue weighted by Crippen LogP contribution is -2.33. The number of aromatic hydroxyl groups is 1. The summed E-state index contributed by atoms with van der Waals surface area (Å²) in [6, 6.07) is 22.0. The van der Waals surface area contributed by atoms with E-state index in [1.54, 1.807) is 6.07 Å². The lowest BCUT2D eigenvalue weighted by Gasteiger charge is -2.38. The molecule has 0 saturated heterocycles. The molecule has 0 spiro atoms. The van der Waals surface area contributed by atoms with Gasteiger partial charge in [-0.05, 0) is 36.8 Å². The Morgan fingerprint density at radius 3 is 2.64 bits per heavy atom. The number of hydrogen-bond acceptors (Lipinski definition) is 4. The summed E-state index contributed by atoms with van der Waals surface area (Å²) in [5.74, 6) is 1.04.